The highest BCUT2D eigenvalue weighted by molar-refractivity contribution is 9.13. The molecule has 1 rings (SSSR count). The normalized spacial score (nSPS) is 14.3. The van der Waals surface area contributed by atoms with E-state index in [0.717, 1.165) is 0 Å². The Morgan fingerprint density at radius 1 is 1.40 bits per heavy atom. The van der Waals surface area contributed by atoms with E-state index in [2.05, 4.69) is 31.9 Å². The van der Waals surface area contributed by atoms with Gasteiger partial charge in [0.25, 0.3) is 0 Å². The summed E-state index contributed by atoms with van der Waals surface area (Å²) in [4.78, 5) is 0. The lowest BCUT2D eigenvalue weighted by molar-refractivity contribution is -0.140. The van der Waals surface area contributed by atoms with Crippen LogP contribution < -0.4 is 0 Å². The van der Waals surface area contributed by atoms with Gasteiger partial charge in [-0.2, -0.15) is 13.2 Å². The van der Waals surface area contributed by atoms with Crippen LogP contribution >= 0.6 is 31.9 Å². The molecule has 86 valence electrons. The van der Waals surface area contributed by atoms with Crippen LogP contribution in [0, 0.1) is 0 Å². The molecule has 1 unspecified atom stereocenters. The van der Waals surface area contributed by atoms with Gasteiger partial charge in [0.2, 0.25) is 0 Å². The fourth-order valence-corrected chi connectivity index (χ4v) is 1.58. The minimum Gasteiger partial charge on any atom is -0.450 e. The van der Waals surface area contributed by atoms with Crippen LogP contribution in [0.3, 0.4) is 0 Å². The number of aliphatic hydroxyl groups excluding tert-OH is 1. The summed E-state index contributed by atoms with van der Waals surface area (Å²) in [5, 5.41) is 9.39. The van der Waals surface area contributed by atoms with E-state index in [4.69, 9.17) is 4.42 Å². The highest BCUT2D eigenvalue weighted by Crippen LogP contribution is 2.33. The van der Waals surface area contributed by atoms with Crippen LogP contribution in [0.5, 0.6) is 0 Å². The second kappa shape index (κ2) is 4.88. The molecule has 0 saturated heterocycles. The molecule has 0 amide bonds. The molecule has 2 nitrogen and oxygen atoms in total. The molecule has 7 heteroatoms. The summed E-state index contributed by atoms with van der Waals surface area (Å²) in [6.45, 7) is 0. The second-order valence-corrected chi connectivity index (χ2v) is 4.51. The summed E-state index contributed by atoms with van der Waals surface area (Å²) >= 11 is 6.13. The number of furan rings is 1. The van der Waals surface area contributed by atoms with E-state index in [9.17, 15) is 18.3 Å². The van der Waals surface area contributed by atoms with Crippen LogP contribution in [0.1, 0.15) is 24.7 Å². The number of hydrogen-bond donors (Lipinski definition) is 1. The molecule has 0 aliphatic heterocycles. The molecule has 0 aliphatic rings. The molecule has 1 aromatic rings. The van der Waals surface area contributed by atoms with Crippen LogP contribution in [0.25, 0.3) is 0 Å². The van der Waals surface area contributed by atoms with Crippen molar-refractivity contribution in [3.05, 3.63) is 21.0 Å². The number of aliphatic hydroxyl groups is 1. The first-order valence-electron chi connectivity index (χ1n) is 3.99. The van der Waals surface area contributed by atoms with Gasteiger partial charge >= 0.3 is 6.18 Å². The van der Waals surface area contributed by atoms with E-state index in [-0.39, 0.29) is 5.76 Å². The molecular weight excluding hydrogens is 345 g/mol. The summed E-state index contributed by atoms with van der Waals surface area (Å²) in [5.41, 5.74) is 0. The Morgan fingerprint density at radius 3 is 2.40 bits per heavy atom. The Bertz CT molecular complexity index is 316. The predicted molar refractivity (Wildman–Crippen MR) is 54.4 cm³/mol. The maximum Gasteiger partial charge on any atom is 0.389 e. The fourth-order valence-electron chi connectivity index (χ4n) is 0.970. The molecule has 1 N–H and O–H groups in total. The minimum absolute atomic E-state index is 0.109. The van der Waals surface area contributed by atoms with Gasteiger partial charge in [0.05, 0.1) is 4.47 Å². The van der Waals surface area contributed by atoms with Gasteiger partial charge in [-0.05, 0) is 44.3 Å². The van der Waals surface area contributed by atoms with Gasteiger partial charge in [-0.3, -0.25) is 0 Å². The van der Waals surface area contributed by atoms with Crippen LogP contribution in [-0.2, 0) is 0 Å². The largest absolute Gasteiger partial charge is 0.450 e. The van der Waals surface area contributed by atoms with E-state index in [1.165, 1.54) is 6.07 Å². The lowest BCUT2D eigenvalue weighted by atomic mass is 10.1. The summed E-state index contributed by atoms with van der Waals surface area (Å²) in [5.74, 6) is 0.109. The predicted octanol–water partition coefficient (Wildman–Crippen LogP) is 4.18. The number of rotatable bonds is 3. The van der Waals surface area contributed by atoms with Gasteiger partial charge in [-0.25, -0.2) is 0 Å². The average molecular weight is 352 g/mol. The van der Waals surface area contributed by atoms with Crippen molar-refractivity contribution in [3.8, 4) is 0 Å². The molecule has 1 atom stereocenters. The van der Waals surface area contributed by atoms with Crippen molar-refractivity contribution in [1.29, 1.82) is 0 Å². The van der Waals surface area contributed by atoms with Gasteiger partial charge in [0.1, 0.15) is 11.9 Å². The molecule has 1 heterocycles. The van der Waals surface area contributed by atoms with Gasteiger partial charge in [0, 0.05) is 6.42 Å². The highest BCUT2D eigenvalue weighted by Gasteiger charge is 2.29. The topological polar surface area (TPSA) is 33.4 Å². The zero-order valence-corrected chi connectivity index (χ0v) is 10.5. The van der Waals surface area contributed by atoms with Crippen molar-refractivity contribution in [3.63, 3.8) is 0 Å². The third kappa shape index (κ3) is 4.16. The molecule has 0 spiro atoms. The lowest BCUT2D eigenvalue weighted by Gasteiger charge is -2.09. The Hall–Kier alpha value is -0.0100. The smallest absolute Gasteiger partial charge is 0.389 e. The third-order valence-corrected chi connectivity index (χ3v) is 3.40. The summed E-state index contributed by atoms with van der Waals surface area (Å²) in [7, 11) is 0. The Morgan fingerprint density at radius 2 is 2.00 bits per heavy atom. The highest BCUT2D eigenvalue weighted by atomic mass is 79.9. The molecule has 0 aromatic carbocycles. The van der Waals surface area contributed by atoms with E-state index in [1.807, 2.05) is 0 Å². The number of alkyl halides is 3. The van der Waals surface area contributed by atoms with Gasteiger partial charge < -0.3 is 9.52 Å². The quantitative estimate of drug-likeness (QED) is 0.886. The first-order chi connectivity index (χ1) is 6.79. The van der Waals surface area contributed by atoms with Crippen molar-refractivity contribution in [1.82, 2.24) is 0 Å². The van der Waals surface area contributed by atoms with E-state index >= 15 is 0 Å². The third-order valence-electron chi connectivity index (χ3n) is 1.69. The maximum atomic E-state index is 11.9. The zero-order valence-electron chi connectivity index (χ0n) is 7.31. The lowest BCUT2D eigenvalue weighted by Crippen LogP contribution is -2.09. The average Bonchev–Trinajstić information content (AvgIpc) is 2.42. The number of hydrogen-bond acceptors (Lipinski definition) is 2. The van der Waals surface area contributed by atoms with Crippen LogP contribution in [-0.4, -0.2) is 11.3 Å². The first-order valence-corrected chi connectivity index (χ1v) is 5.58. The molecular formula is C8H7Br2F3O2. The van der Waals surface area contributed by atoms with Crippen molar-refractivity contribution in [2.45, 2.75) is 25.1 Å². The van der Waals surface area contributed by atoms with Crippen molar-refractivity contribution < 1.29 is 22.7 Å². The Labute approximate surface area is 101 Å². The first kappa shape index (κ1) is 13.1. The summed E-state index contributed by atoms with van der Waals surface area (Å²) in [6.07, 6.45) is -6.95. The maximum absolute atomic E-state index is 11.9. The van der Waals surface area contributed by atoms with Crippen molar-refractivity contribution >= 4 is 31.9 Å². The molecule has 0 radical (unpaired) electrons. The van der Waals surface area contributed by atoms with Crippen molar-refractivity contribution in [2.75, 3.05) is 0 Å². The standard InChI is InChI=1S/C8H7Br2F3O2/c9-4-3-6(15-7(4)10)5(14)1-2-8(11,12)13/h3,5,14H,1-2H2. The van der Waals surface area contributed by atoms with Gasteiger partial charge in [-0.15, -0.1) is 0 Å². The molecule has 15 heavy (non-hydrogen) atoms. The zero-order chi connectivity index (χ0) is 11.6. The van der Waals surface area contributed by atoms with Gasteiger partial charge in [-0.1, -0.05) is 0 Å². The second-order valence-electron chi connectivity index (χ2n) is 2.94. The van der Waals surface area contributed by atoms with Crippen molar-refractivity contribution in [2.24, 2.45) is 0 Å². The van der Waals surface area contributed by atoms with E-state index in [1.54, 1.807) is 0 Å². The SMILES string of the molecule is OC(CCC(F)(F)F)c1cc(Br)c(Br)o1. The van der Waals surface area contributed by atoms with E-state index in [0.29, 0.717) is 9.14 Å². The fraction of sp³-hybridized carbons (Fsp3) is 0.500. The summed E-state index contributed by atoms with van der Waals surface area (Å²) < 4.78 is 41.5. The Balaban J connectivity index is 2.58. The molecule has 1 aromatic heterocycles. The molecule has 0 fully saturated rings. The summed E-state index contributed by atoms with van der Waals surface area (Å²) in [6, 6.07) is 1.44. The van der Waals surface area contributed by atoms with Crippen LogP contribution in [0.15, 0.2) is 19.6 Å². The monoisotopic (exact) mass is 350 g/mol. The molecule has 0 saturated carbocycles. The molecule has 0 aliphatic carbocycles. The minimum atomic E-state index is -4.26. The van der Waals surface area contributed by atoms with Crippen LogP contribution in [0.2, 0.25) is 0 Å². The molecule has 0 bridgehead atoms. The number of halogens is 5. The van der Waals surface area contributed by atoms with E-state index < -0.39 is 25.1 Å². The van der Waals surface area contributed by atoms with Gasteiger partial charge in [0.15, 0.2) is 4.67 Å². The Kier molecular flexibility index (Phi) is 4.25. The van der Waals surface area contributed by atoms with Crippen LogP contribution in [0.4, 0.5) is 13.2 Å².